The number of hydrogen-bond donors (Lipinski definition) is 0. The second kappa shape index (κ2) is 10.2. The second-order valence-corrected chi connectivity index (χ2v) is 13.7. The summed E-state index contributed by atoms with van der Waals surface area (Å²) in [5.41, 5.74) is 0. The molecule has 29 heavy (non-hydrogen) atoms. The van der Waals surface area contributed by atoms with Gasteiger partial charge in [-0.3, -0.25) is 0 Å². The average molecular weight is 409 g/mol. The van der Waals surface area contributed by atoms with E-state index in [1.165, 1.54) is 18.5 Å². The van der Waals surface area contributed by atoms with Crippen molar-refractivity contribution in [3.63, 3.8) is 0 Å². The zero-order valence-electron chi connectivity index (χ0n) is 16.8. The van der Waals surface area contributed by atoms with Crippen LogP contribution in [-0.4, -0.2) is 17.6 Å². The molecular weight excluding hydrogens is 380 g/mol. The fraction of sp³-hybridized carbons (Fsp3) is 0.111. The summed E-state index contributed by atoms with van der Waals surface area (Å²) in [6, 6.07) is 47.5. The third kappa shape index (κ3) is 5.23. The summed E-state index contributed by atoms with van der Waals surface area (Å²) in [7, 11) is -2.35. The molecule has 144 valence electrons. The van der Waals surface area contributed by atoms with Crippen LogP contribution in [0.4, 0.5) is 0 Å². The minimum absolute atomic E-state index is 1.17. The zero-order chi connectivity index (χ0) is 19.7. The van der Waals surface area contributed by atoms with Crippen LogP contribution in [0.2, 0.25) is 12.1 Å². The summed E-state index contributed by atoms with van der Waals surface area (Å²) in [4.78, 5) is 0. The maximum Gasteiger partial charge on any atom is 0.103 e. The van der Waals surface area contributed by atoms with Gasteiger partial charge in [0.25, 0.3) is 0 Å². The molecule has 0 amide bonds. The van der Waals surface area contributed by atoms with E-state index < -0.39 is 17.6 Å². The van der Waals surface area contributed by atoms with Gasteiger partial charge in [0.2, 0.25) is 0 Å². The summed E-state index contributed by atoms with van der Waals surface area (Å²) in [6.45, 7) is 0. The molecule has 4 rings (SSSR count). The number of rotatable bonds is 8. The molecule has 0 unspecified atom stereocenters. The highest BCUT2D eigenvalue weighted by Crippen LogP contribution is 2.09. The molecule has 0 nitrogen and oxygen atoms in total. The lowest BCUT2D eigenvalue weighted by molar-refractivity contribution is 1.05. The lowest BCUT2D eigenvalue weighted by atomic mass is 10.4. The SMILES string of the molecule is c1ccc([SiH](CCC[SiH](c2ccccc2)c2ccccc2)c2ccccc2)cc1. The maximum atomic E-state index is 2.34. The van der Waals surface area contributed by atoms with Crippen molar-refractivity contribution in [3.05, 3.63) is 121 Å². The Morgan fingerprint density at radius 2 is 0.586 bits per heavy atom. The van der Waals surface area contributed by atoms with Crippen LogP contribution in [0.5, 0.6) is 0 Å². The highest BCUT2D eigenvalue weighted by molar-refractivity contribution is 6.86. The first-order valence-corrected chi connectivity index (χ1v) is 14.6. The fourth-order valence-electron chi connectivity index (χ4n) is 4.32. The molecule has 0 aliphatic carbocycles. The maximum absolute atomic E-state index is 2.34. The van der Waals surface area contributed by atoms with Crippen LogP contribution in [0.3, 0.4) is 0 Å². The van der Waals surface area contributed by atoms with Crippen molar-refractivity contribution >= 4 is 38.3 Å². The Morgan fingerprint density at radius 3 is 0.828 bits per heavy atom. The van der Waals surface area contributed by atoms with E-state index >= 15 is 0 Å². The highest BCUT2D eigenvalue weighted by Gasteiger charge is 2.19. The molecule has 0 spiro atoms. The molecule has 0 aromatic heterocycles. The van der Waals surface area contributed by atoms with Crippen molar-refractivity contribution in [3.8, 4) is 0 Å². The van der Waals surface area contributed by atoms with Gasteiger partial charge in [0, 0.05) is 0 Å². The molecule has 4 aromatic carbocycles. The topological polar surface area (TPSA) is 0 Å². The van der Waals surface area contributed by atoms with Gasteiger partial charge >= 0.3 is 0 Å². The molecule has 0 N–H and O–H groups in total. The first-order chi connectivity index (χ1) is 14.4. The third-order valence-electron chi connectivity index (χ3n) is 5.79. The van der Waals surface area contributed by atoms with Crippen molar-refractivity contribution in [2.75, 3.05) is 0 Å². The number of benzene rings is 4. The van der Waals surface area contributed by atoms with Gasteiger partial charge in [0.05, 0.1) is 0 Å². The van der Waals surface area contributed by atoms with Gasteiger partial charge in [-0.25, -0.2) is 0 Å². The molecule has 0 bridgehead atoms. The fourth-order valence-corrected chi connectivity index (χ4v) is 10.9. The Balaban J connectivity index is 1.53. The second-order valence-electron chi connectivity index (χ2n) is 7.68. The lowest BCUT2D eigenvalue weighted by Gasteiger charge is -2.20. The van der Waals surface area contributed by atoms with Gasteiger partial charge in [-0.15, -0.1) is 0 Å². The van der Waals surface area contributed by atoms with Crippen LogP contribution in [0.25, 0.3) is 0 Å². The van der Waals surface area contributed by atoms with Gasteiger partial charge in [-0.1, -0.05) is 161 Å². The van der Waals surface area contributed by atoms with Crippen LogP contribution in [-0.2, 0) is 0 Å². The van der Waals surface area contributed by atoms with Crippen LogP contribution in [0.15, 0.2) is 121 Å². The molecule has 0 radical (unpaired) electrons. The van der Waals surface area contributed by atoms with Gasteiger partial charge in [-0.05, 0) is 0 Å². The van der Waals surface area contributed by atoms with Gasteiger partial charge < -0.3 is 0 Å². The van der Waals surface area contributed by atoms with E-state index in [0.717, 1.165) is 0 Å². The van der Waals surface area contributed by atoms with Crippen LogP contribution in [0, 0.1) is 0 Å². The molecule has 0 aliphatic rings. The van der Waals surface area contributed by atoms with E-state index in [1.54, 1.807) is 20.7 Å². The van der Waals surface area contributed by atoms with E-state index in [2.05, 4.69) is 121 Å². The zero-order valence-corrected chi connectivity index (χ0v) is 19.1. The molecule has 0 heterocycles. The Labute approximate surface area is 178 Å². The van der Waals surface area contributed by atoms with E-state index in [-0.39, 0.29) is 0 Å². The van der Waals surface area contributed by atoms with Crippen LogP contribution < -0.4 is 20.7 Å². The molecule has 0 atom stereocenters. The van der Waals surface area contributed by atoms with Gasteiger partial charge in [0.1, 0.15) is 17.6 Å². The Bertz CT molecular complexity index is 808. The van der Waals surface area contributed by atoms with Crippen molar-refractivity contribution in [1.82, 2.24) is 0 Å². The van der Waals surface area contributed by atoms with Crippen molar-refractivity contribution in [1.29, 1.82) is 0 Å². The smallest absolute Gasteiger partial charge is 0.0629 e. The van der Waals surface area contributed by atoms with Crippen LogP contribution >= 0.6 is 0 Å². The van der Waals surface area contributed by atoms with Crippen molar-refractivity contribution in [2.24, 2.45) is 0 Å². The van der Waals surface area contributed by atoms with Gasteiger partial charge in [-0.2, -0.15) is 0 Å². The largest absolute Gasteiger partial charge is 0.103 e. The average Bonchev–Trinajstić information content (AvgIpc) is 2.81. The standard InChI is InChI=1S/C27H28Si2/c1-5-14-24(15-6-1)28(25-16-7-2-8-17-25)22-13-23-29(26-18-9-3-10-19-26)27-20-11-4-12-21-27/h1-12,14-21,28-29H,13,22-23H2. The van der Waals surface area contributed by atoms with Crippen molar-refractivity contribution in [2.45, 2.75) is 18.5 Å². The van der Waals surface area contributed by atoms with Crippen molar-refractivity contribution < 1.29 is 0 Å². The molecule has 4 aromatic rings. The lowest BCUT2D eigenvalue weighted by Crippen LogP contribution is -2.44. The van der Waals surface area contributed by atoms with Gasteiger partial charge in [0.15, 0.2) is 0 Å². The number of hydrogen-bond acceptors (Lipinski definition) is 0. The molecule has 0 aliphatic heterocycles. The summed E-state index contributed by atoms with van der Waals surface area (Å²) in [6.07, 6.45) is 1.31. The van der Waals surface area contributed by atoms with E-state index in [1.807, 2.05) is 0 Å². The summed E-state index contributed by atoms with van der Waals surface area (Å²) in [5, 5.41) is 6.26. The summed E-state index contributed by atoms with van der Waals surface area (Å²) in [5.74, 6) is 0. The van der Waals surface area contributed by atoms with Crippen LogP contribution in [0.1, 0.15) is 6.42 Å². The van der Waals surface area contributed by atoms with E-state index in [9.17, 15) is 0 Å². The Morgan fingerprint density at radius 1 is 0.345 bits per heavy atom. The quantitative estimate of drug-likeness (QED) is 0.392. The minimum atomic E-state index is -1.17. The highest BCUT2D eigenvalue weighted by atomic mass is 28.3. The van der Waals surface area contributed by atoms with E-state index in [4.69, 9.17) is 0 Å². The normalized spacial score (nSPS) is 11.1. The first-order valence-electron chi connectivity index (χ1n) is 10.6. The minimum Gasteiger partial charge on any atom is -0.0629 e. The first kappa shape index (κ1) is 19.6. The molecule has 0 saturated carbocycles. The summed E-state index contributed by atoms with van der Waals surface area (Å²) >= 11 is 0. The molecule has 0 saturated heterocycles. The molecule has 2 heteroatoms. The Kier molecular flexibility index (Phi) is 6.90. The predicted octanol–water partition coefficient (Wildman–Crippen LogP) is 3.46. The third-order valence-corrected chi connectivity index (χ3v) is 12.5. The molecular formula is C27H28Si2. The molecule has 0 fully saturated rings. The monoisotopic (exact) mass is 408 g/mol. The van der Waals surface area contributed by atoms with E-state index in [0.29, 0.717) is 0 Å². The summed E-state index contributed by atoms with van der Waals surface area (Å²) < 4.78 is 0. The Hall–Kier alpha value is -2.69. The predicted molar refractivity (Wildman–Crippen MR) is 133 cm³/mol.